The van der Waals surface area contributed by atoms with Gasteiger partial charge in [0.25, 0.3) is 0 Å². The van der Waals surface area contributed by atoms with E-state index in [0.717, 1.165) is 23.1 Å². The van der Waals surface area contributed by atoms with Crippen molar-refractivity contribution in [2.45, 2.75) is 65.2 Å². The highest BCUT2D eigenvalue weighted by Gasteiger charge is 2.10. The zero-order chi connectivity index (χ0) is 16.9. The molecule has 0 bridgehead atoms. The van der Waals surface area contributed by atoms with Crippen molar-refractivity contribution in [2.24, 2.45) is 0 Å². The van der Waals surface area contributed by atoms with Gasteiger partial charge in [-0.2, -0.15) is 5.26 Å². The van der Waals surface area contributed by atoms with Gasteiger partial charge in [-0.05, 0) is 34.8 Å². The van der Waals surface area contributed by atoms with Crippen molar-refractivity contribution in [2.75, 3.05) is 13.2 Å². The monoisotopic (exact) mass is 381 g/mol. The normalized spacial score (nSPS) is 10.3. The van der Waals surface area contributed by atoms with Crippen LogP contribution in [0, 0.1) is 11.3 Å². The lowest BCUT2D eigenvalue weighted by atomic mass is 10.2. The van der Waals surface area contributed by atoms with E-state index < -0.39 is 0 Å². The molecule has 4 heteroatoms. The molecule has 0 atom stereocenters. The summed E-state index contributed by atoms with van der Waals surface area (Å²) < 4.78 is 12.4. The van der Waals surface area contributed by atoms with Crippen molar-refractivity contribution in [1.82, 2.24) is 0 Å². The Morgan fingerprint density at radius 2 is 1.43 bits per heavy atom. The average molecular weight is 382 g/mol. The van der Waals surface area contributed by atoms with Crippen LogP contribution in [0.1, 0.15) is 70.8 Å². The molecule has 0 saturated carbocycles. The third kappa shape index (κ3) is 7.74. The molecule has 3 nitrogen and oxygen atoms in total. The molecule has 0 radical (unpaired) electrons. The van der Waals surface area contributed by atoms with Gasteiger partial charge in [0.15, 0.2) is 0 Å². The molecule has 0 heterocycles. The number of rotatable bonds is 12. The maximum atomic E-state index is 9.32. The van der Waals surface area contributed by atoms with E-state index in [1.807, 2.05) is 6.07 Å². The van der Waals surface area contributed by atoms with Crippen LogP contribution in [0.4, 0.5) is 0 Å². The number of nitrogens with zero attached hydrogens (tertiary/aromatic N) is 1. The highest BCUT2D eigenvalue weighted by Crippen LogP contribution is 2.33. The van der Waals surface area contributed by atoms with Crippen molar-refractivity contribution in [3.8, 4) is 17.6 Å². The molecule has 1 rings (SSSR count). The Kier molecular flexibility index (Phi) is 10.6. The summed E-state index contributed by atoms with van der Waals surface area (Å²) >= 11 is 3.51. The Labute approximate surface area is 149 Å². The van der Waals surface area contributed by atoms with Crippen molar-refractivity contribution in [1.29, 1.82) is 5.26 Å². The molecule has 0 aromatic heterocycles. The first kappa shape index (κ1) is 19.8. The fourth-order valence-corrected chi connectivity index (χ4v) is 2.71. The van der Waals surface area contributed by atoms with Crippen LogP contribution in [0.3, 0.4) is 0 Å². The van der Waals surface area contributed by atoms with E-state index >= 15 is 0 Å². The van der Waals surface area contributed by atoms with Gasteiger partial charge in [-0.15, -0.1) is 0 Å². The van der Waals surface area contributed by atoms with Gasteiger partial charge in [0, 0.05) is 6.07 Å². The smallest absolute Gasteiger partial charge is 0.138 e. The number of ether oxygens (including phenoxy) is 2. The second kappa shape index (κ2) is 12.2. The minimum absolute atomic E-state index is 0.534. The summed E-state index contributed by atoms with van der Waals surface area (Å²) in [4.78, 5) is 0. The lowest BCUT2D eigenvalue weighted by Gasteiger charge is -2.12. The predicted octanol–water partition coefficient (Wildman–Crippen LogP) is 6.24. The summed E-state index contributed by atoms with van der Waals surface area (Å²) in [5.74, 6) is 1.35. The minimum atomic E-state index is 0.534. The van der Waals surface area contributed by atoms with E-state index in [9.17, 15) is 5.26 Å². The molecule has 0 N–H and O–H groups in total. The molecule has 0 aliphatic rings. The minimum Gasteiger partial charge on any atom is -0.492 e. The lowest BCUT2D eigenvalue weighted by Crippen LogP contribution is -2.02. The fraction of sp³-hybridized carbons (Fsp3) is 0.632. The summed E-state index contributed by atoms with van der Waals surface area (Å²) in [5.41, 5.74) is 0.534. The SMILES string of the molecule is CCCCCCOc1cc(C#N)c(OCCCCCC)cc1Br. The molecule has 1 aromatic carbocycles. The molecule has 0 aliphatic heterocycles. The van der Waals surface area contributed by atoms with Gasteiger partial charge in [-0.1, -0.05) is 52.4 Å². The van der Waals surface area contributed by atoms with E-state index in [2.05, 4.69) is 35.8 Å². The Morgan fingerprint density at radius 1 is 0.870 bits per heavy atom. The van der Waals surface area contributed by atoms with Gasteiger partial charge in [-0.3, -0.25) is 0 Å². The molecule has 0 fully saturated rings. The standard InChI is InChI=1S/C19H28BrNO2/c1-3-5-7-9-11-22-18-14-17(20)19(13-16(18)15-21)23-12-10-8-6-4-2/h13-14H,3-12H2,1-2H3. The topological polar surface area (TPSA) is 42.2 Å². The van der Waals surface area contributed by atoms with E-state index in [-0.39, 0.29) is 0 Å². The lowest BCUT2D eigenvalue weighted by molar-refractivity contribution is 0.294. The van der Waals surface area contributed by atoms with Crippen LogP contribution < -0.4 is 9.47 Å². The van der Waals surface area contributed by atoms with Gasteiger partial charge in [0.1, 0.15) is 17.6 Å². The molecule has 0 aliphatic carbocycles. The first-order valence-electron chi connectivity index (χ1n) is 8.72. The molecule has 0 spiro atoms. The van der Waals surface area contributed by atoms with Crippen LogP contribution >= 0.6 is 15.9 Å². The van der Waals surface area contributed by atoms with Crippen molar-refractivity contribution < 1.29 is 9.47 Å². The summed E-state index contributed by atoms with van der Waals surface area (Å²) in [6.45, 7) is 5.71. The Morgan fingerprint density at radius 3 is 1.96 bits per heavy atom. The number of hydrogen-bond donors (Lipinski definition) is 0. The second-order valence-electron chi connectivity index (χ2n) is 5.71. The number of halogens is 1. The first-order valence-corrected chi connectivity index (χ1v) is 9.51. The maximum absolute atomic E-state index is 9.32. The fourth-order valence-electron chi connectivity index (χ4n) is 2.27. The second-order valence-corrected chi connectivity index (χ2v) is 6.56. The summed E-state index contributed by atoms with van der Waals surface area (Å²) in [7, 11) is 0. The van der Waals surface area contributed by atoms with E-state index in [1.54, 1.807) is 6.07 Å². The van der Waals surface area contributed by atoms with Gasteiger partial charge in [0.2, 0.25) is 0 Å². The quantitative estimate of drug-likeness (QED) is 0.402. The van der Waals surface area contributed by atoms with E-state index in [4.69, 9.17) is 9.47 Å². The van der Waals surface area contributed by atoms with Gasteiger partial charge in [-0.25, -0.2) is 0 Å². The Bertz CT molecular complexity index is 497. The number of nitriles is 1. The van der Waals surface area contributed by atoms with Crippen LogP contribution in [0.15, 0.2) is 16.6 Å². The number of benzene rings is 1. The highest BCUT2D eigenvalue weighted by atomic mass is 79.9. The van der Waals surface area contributed by atoms with Crippen molar-refractivity contribution in [3.63, 3.8) is 0 Å². The van der Waals surface area contributed by atoms with Crippen LogP contribution in [0.2, 0.25) is 0 Å². The van der Waals surface area contributed by atoms with Gasteiger partial charge < -0.3 is 9.47 Å². The summed E-state index contributed by atoms with van der Waals surface area (Å²) in [5, 5.41) is 9.32. The number of unbranched alkanes of at least 4 members (excludes halogenated alkanes) is 6. The third-order valence-electron chi connectivity index (χ3n) is 3.67. The summed E-state index contributed by atoms with van der Waals surface area (Å²) in [6.07, 6.45) is 9.29. The molecule has 128 valence electrons. The molecule has 0 amide bonds. The van der Waals surface area contributed by atoms with Crippen LogP contribution in [-0.4, -0.2) is 13.2 Å². The van der Waals surface area contributed by atoms with Gasteiger partial charge in [0.05, 0.1) is 23.2 Å². The maximum Gasteiger partial charge on any atom is 0.138 e. The third-order valence-corrected chi connectivity index (χ3v) is 4.29. The zero-order valence-electron chi connectivity index (χ0n) is 14.4. The first-order chi connectivity index (χ1) is 11.2. The molecular weight excluding hydrogens is 354 g/mol. The average Bonchev–Trinajstić information content (AvgIpc) is 2.56. The predicted molar refractivity (Wildman–Crippen MR) is 98.1 cm³/mol. The Balaban J connectivity index is 2.55. The van der Waals surface area contributed by atoms with Crippen LogP contribution in [-0.2, 0) is 0 Å². The summed E-state index contributed by atoms with van der Waals surface area (Å²) in [6, 6.07) is 5.82. The van der Waals surface area contributed by atoms with E-state index in [0.29, 0.717) is 24.5 Å². The molecule has 1 aromatic rings. The number of hydrogen-bond acceptors (Lipinski definition) is 3. The van der Waals surface area contributed by atoms with Crippen molar-refractivity contribution >= 4 is 15.9 Å². The highest BCUT2D eigenvalue weighted by molar-refractivity contribution is 9.10. The molecule has 0 unspecified atom stereocenters. The van der Waals surface area contributed by atoms with Crippen LogP contribution in [0.5, 0.6) is 11.5 Å². The van der Waals surface area contributed by atoms with Crippen LogP contribution in [0.25, 0.3) is 0 Å². The Hall–Kier alpha value is -1.21. The molecular formula is C19H28BrNO2. The van der Waals surface area contributed by atoms with Crippen molar-refractivity contribution in [3.05, 3.63) is 22.2 Å². The molecule has 23 heavy (non-hydrogen) atoms. The zero-order valence-corrected chi connectivity index (χ0v) is 16.0. The van der Waals surface area contributed by atoms with Gasteiger partial charge >= 0.3 is 0 Å². The van der Waals surface area contributed by atoms with E-state index in [1.165, 1.54) is 38.5 Å². The molecule has 0 saturated heterocycles. The largest absolute Gasteiger partial charge is 0.492 e.